The number of carbonyl (C=O) groups excluding carboxylic acids is 1. The first-order chi connectivity index (χ1) is 6.56. The Bertz CT molecular complexity index is 418. The highest BCUT2D eigenvalue weighted by Gasteiger charge is 2.17. The topological polar surface area (TPSA) is 89.6 Å². The van der Waals surface area contributed by atoms with Gasteiger partial charge >= 0.3 is 11.6 Å². The molecule has 0 saturated carbocycles. The van der Waals surface area contributed by atoms with Gasteiger partial charge in [0.25, 0.3) is 0 Å². The van der Waals surface area contributed by atoms with Gasteiger partial charge in [-0.25, -0.2) is 0 Å². The second kappa shape index (κ2) is 3.69. The molecule has 72 valence electrons. The number of hydrogen-bond acceptors (Lipinski definition) is 4. The van der Waals surface area contributed by atoms with Gasteiger partial charge in [0.05, 0.1) is 10.5 Å². The van der Waals surface area contributed by atoms with Crippen LogP contribution in [0.1, 0.15) is 10.4 Å². The molecule has 1 amide bonds. The molecule has 0 saturated heterocycles. The van der Waals surface area contributed by atoms with Crippen molar-refractivity contribution in [2.24, 2.45) is 5.18 Å². The summed E-state index contributed by atoms with van der Waals surface area (Å²) in [6.45, 7) is 0. The van der Waals surface area contributed by atoms with Crippen molar-refractivity contribution in [3.63, 3.8) is 0 Å². The average Bonchev–Trinajstić information content (AvgIpc) is 2.17. The fraction of sp³-hybridized carbons (Fsp3) is 0. The third-order valence-corrected chi connectivity index (χ3v) is 1.47. The standard InChI is InChI=1S/C7H3FN2O4/c8-5-2-1-4(7(11)9-12)3-6(5)10(13)14/h1-3H. The number of nitro benzene ring substituents is 1. The zero-order chi connectivity index (χ0) is 10.7. The monoisotopic (exact) mass is 198 g/mol. The Balaban J connectivity index is 3.25. The van der Waals surface area contributed by atoms with Crippen molar-refractivity contribution < 1.29 is 14.1 Å². The summed E-state index contributed by atoms with van der Waals surface area (Å²) in [7, 11) is 0. The van der Waals surface area contributed by atoms with Gasteiger partial charge in [-0.2, -0.15) is 4.39 Å². The average molecular weight is 198 g/mol. The minimum absolute atomic E-state index is 0.312. The van der Waals surface area contributed by atoms with Crippen LogP contribution in [-0.2, 0) is 0 Å². The predicted octanol–water partition coefficient (Wildman–Crippen LogP) is 1.64. The van der Waals surface area contributed by atoms with Gasteiger partial charge in [0.2, 0.25) is 5.82 Å². The van der Waals surface area contributed by atoms with E-state index in [0.29, 0.717) is 6.07 Å². The van der Waals surface area contributed by atoms with E-state index in [-0.39, 0.29) is 5.56 Å². The molecule has 0 aliphatic carbocycles. The van der Waals surface area contributed by atoms with E-state index in [1.165, 1.54) is 0 Å². The first-order valence-corrected chi connectivity index (χ1v) is 3.38. The van der Waals surface area contributed by atoms with Crippen LogP contribution >= 0.6 is 0 Å². The molecule has 1 aromatic rings. The molecule has 0 spiro atoms. The van der Waals surface area contributed by atoms with Gasteiger partial charge in [-0.15, -0.1) is 4.91 Å². The summed E-state index contributed by atoms with van der Waals surface area (Å²) < 4.78 is 12.7. The SMILES string of the molecule is O=NC(=O)c1ccc(F)c([N+](=O)[O-])c1. The van der Waals surface area contributed by atoms with Crippen LogP contribution < -0.4 is 0 Å². The number of halogens is 1. The van der Waals surface area contributed by atoms with E-state index in [9.17, 15) is 24.2 Å². The van der Waals surface area contributed by atoms with Crippen molar-refractivity contribution >= 4 is 11.6 Å². The summed E-state index contributed by atoms with van der Waals surface area (Å²) in [5.74, 6) is -2.24. The van der Waals surface area contributed by atoms with Gasteiger partial charge in [0, 0.05) is 11.2 Å². The lowest BCUT2D eigenvalue weighted by Crippen LogP contribution is -1.98. The molecule has 0 atom stereocenters. The first-order valence-electron chi connectivity index (χ1n) is 3.38. The molecule has 7 heteroatoms. The van der Waals surface area contributed by atoms with E-state index in [0.717, 1.165) is 12.1 Å². The molecule has 0 radical (unpaired) electrons. The third kappa shape index (κ3) is 1.76. The van der Waals surface area contributed by atoms with Crippen LogP contribution in [0.2, 0.25) is 0 Å². The lowest BCUT2D eigenvalue weighted by molar-refractivity contribution is -0.387. The summed E-state index contributed by atoms with van der Waals surface area (Å²) in [5.41, 5.74) is -1.17. The highest BCUT2D eigenvalue weighted by Crippen LogP contribution is 2.18. The number of nitro groups is 1. The molecule has 1 aromatic carbocycles. The summed E-state index contributed by atoms with van der Waals surface area (Å²) in [6.07, 6.45) is 0. The minimum Gasteiger partial charge on any atom is -0.263 e. The fourth-order valence-electron chi connectivity index (χ4n) is 0.838. The Morgan fingerprint density at radius 1 is 1.50 bits per heavy atom. The van der Waals surface area contributed by atoms with Crippen LogP contribution in [0.5, 0.6) is 0 Å². The van der Waals surface area contributed by atoms with E-state index in [4.69, 9.17) is 0 Å². The highest BCUT2D eigenvalue weighted by atomic mass is 19.1. The van der Waals surface area contributed by atoms with Gasteiger partial charge < -0.3 is 0 Å². The second-order valence-electron chi connectivity index (χ2n) is 2.32. The Morgan fingerprint density at radius 2 is 2.14 bits per heavy atom. The van der Waals surface area contributed by atoms with Crippen molar-refractivity contribution in [2.45, 2.75) is 0 Å². The molecule has 1 rings (SSSR count). The number of hydrogen-bond donors (Lipinski definition) is 0. The van der Waals surface area contributed by atoms with Gasteiger partial charge in [0.1, 0.15) is 0 Å². The largest absolute Gasteiger partial charge is 0.317 e. The number of benzene rings is 1. The van der Waals surface area contributed by atoms with Gasteiger partial charge in [-0.3, -0.25) is 14.9 Å². The maximum Gasteiger partial charge on any atom is 0.317 e. The number of carbonyl (C=O) groups is 1. The van der Waals surface area contributed by atoms with Crippen molar-refractivity contribution in [3.05, 3.63) is 44.6 Å². The molecular formula is C7H3FN2O4. The zero-order valence-corrected chi connectivity index (χ0v) is 6.64. The van der Waals surface area contributed by atoms with E-state index < -0.39 is 22.3 Å². The predicted molar refractivity (Wildman–Crippen MR) is 43.2 cm³/mol. The van der Waals surface area contributed by atoms with Crippen molar-refractivity contribution in [3.8, 4) is 0 Å². The number of rotatable bonds is 2. The van der Waals surface area contributed by atoms with Gasteiger partial charge in [-0.1, -0.05) is 0 Å². The molecule has 0 aliphatic rings. The number of amides is 1. The minimum atomic E-state index is -1.17. The molecule has 0 aliphatic heterocycles. The van der Waals surface area contributed by atoms with E-state index >= 15 is 0 Å². The Hall–Kier alpha value is -2.18. The van der Waals surface area contributed by atoms with E-state index in [1.54, 1.807) is 0 Å². The summed E-state index contributed by atoms with van der Waals surface area (Å²) in [4.78, 5) is 29.7. The quantitative estimate of drug-likeness (QED) is 0.410. The van der Waals surface area contributed by atoms with Crippen molar-refractivity contribution in [2.75, 3.05) is 0 Å². The summed E-state index contributed by atoms with van der Waals surface area (Å²) >= 11 is 0. The lowest BCUT2D eigenvalue weighted by Gasteiger charge is -1.95. The van der Waals surface area contributed by atoms with Crippen LogP contribution in [0, 0.1) is 20.8 Å². The molecule has 0 unspecified atom stereocenters. The maximum absolute atomic E-state index is 12.7. The second-order valence-corrected chi connectivity index (χ2v) is 2.32. The van der Waals surface area contributed by atoms with Crippen LogP contribution in [-0.4, -0.2) is 10.8 Å². The molecule has 0 N–H and O–H groups in total. The third-order valence-electron chi connectivity index (χ3n) is 1.47. The van der Waals surface area contributed by atoms with Crippen LogP contribution in [0.25, 0.3) is 0 Å². The Morgan fingerprint density at radius 3 is 2.64 bits per heavy atom. The normalized spacial score (nSPS) is 9.50. The van der Waals surface area contributed by atoms with Crippen molar-refractivity contribution in [1.29, 1.82) is 0 Å². The fourth-order valence-corrected chi connectivity index (χ4v) is 0.838. The van der Waals surface area contributed by atoms with Crippen LogP contribution in [0.15, 0.2) is 23.4 Å². The molecule has 14 heavy (non-hydrogen) atoms. The Labute approximate surface area is 76.5 Å². The number of nitrogens with zero attached hydrogens (tertiary/aromatic N) is 2. The molecule has 0 bridgehead atoms. The Kier molecular flexibility index (Phi) is 2.61. The molecule has 0 aromatic heterocycles. The first kappa shape index (κ1) is 9.90. The molecule has 0 fully saturated rings. The van der Waals surface area contributed by atoms with Crippen LogP contribution in [0.3, 0.4) is 0 Å². The smallest absolute Gasteiger partial charge is 0.263 e. The zero-order valence-electron chi connectivity index (χ0n) is 6.64. The maximum atomic E-state index is 12.7. The number of nitroso groups, excluding NO2 is 1. The van der Waals surface area contributed by atoms with Crippen LogP contribution in [0.4, 0.5) is 10.1 Å². The van der Waals surface area contributed by atoms with Crippen molar-refractivity contribution in [1.82, 2.24) is 0 Å². The van der Waals surface area contributed by atoms with E-state index in [2.05, 4.69) is 5.18 Å². The molecule has 0 heterocycles. The van der Waals surface area contributed by atoms with E-state index in [1.807, 2.05) is 0 Å². The van der Waals surface area contributed by atoms with Gasteiger partial charge in [0.15, 0.2) is 0 Å². The highest BCUT2D eigenvalue weighted by molar-refractivity contribution is 5.95. The molecule has 6 nitrogen and oxygen atoms in total. The van der Waals surface area contributed by atoms with Gasteiger partial charge in [-0.05, 0) is 12.1 Å². The lowest BCUT2D eigenvalue weighted by atomic mass is 10.2. The summed E-state index contributed by atoms with van der Waals surface area (Å²) in [5, 5.41) is 12.3. The summed E-state index contributed by atoms with van der Waals surface area (Å²) in [6, 6.07) is 2.35. The molecular weight excluding hydrogens is 195 g/mol.